The van der Waals surface area contributed by atoms with Gasteiger partial charge in [0, 0.05) is 4.47 Å². The molecule has 0 fully saturated rings. The quantitative estimate of drug-likeness (QED) is 0.667. The molecule has 0 unspecified atom stereocenters. The molecule has 90 valence electrons. The Morgan fingerprint density at radius 2 is 1.56 bits per heavy atom. The van der Waals surface area contributed by atoms with E-state index < -0.39 is 24.3 Å². The smallest absolute Gasteiger partial charge is 0.171 e. The lowest BCUT2D eigenvalue weighted by Crippen LogP contribution is -2.12. The van der Waals surface area contributed by atoms with Gasteiger partial charge >= 0.3 is 12.4 Å². The Morgan fingerprint density at radius 1 is 1.00 bits per heavy atom. The summed E-state index contributed by atoms with van der Waals surface area (Å²) < 4.78 is 72.3. The van der Waals surface area contributed by atoms with Gasteiger partial charge in [0.05, 0.1) is 12.0 Å². The monoisotopic (exact) mass is 306 g/mol. The summed E-state index contributed by atoms with van der Waals surface area (Å²) in [6.45, 7) is 0. The minimum atomic E-state index is -4.57. The van der Waals surface area contributed by atoms with Crippen molar-refractivity contribution in [1.29, 1.82) is 0 Å². The molecule has 0 aliphatic heterocycles. The molecule has 1 rings (SSSR count). The molecule has 0 aliphatic rings. The molecule has 0 amide bonds. The standard InChI is InChI=1S/C9H5BrF6/c10-7-3-5(4-8(11,12)13)1-2-6(7)9(14,15)16/h1-3H,4H2. The molecule has 0 atom stereocenters. The first-order chi connectivity index (χ1) is 7.09. The molecule has 16 heavy (non-hydrogen) atoms. The van der Waals surface area contributed by atoms with Crippen molar-refractivity contribution in [3.05, 3.63) is 33.8 Å². The second kappa shape index (κ2) is 4.27. The van der Waals surface area contributed by atoms with E-state index in [1.165, 1.54) is 0 Å². The molecule has 0 heterocycles. The molecule has 0 radical (unpaired) electrons. The first-order valence-corrected chi connectivity index (χ1v) is 4.81. The lowest BCUT2D eigenvalue weighted by atomic mass is 10.1. The number of benzene rings is 1. The number of rotatable bonds is 1. The second-order valence-electron chi connectivity index (χ2n) is 3.10. The fourth-order valence-corrected chi connectivity index (χ4v) is 1.78. The van der Waals surface area contributed by atoms with Gasteiger partial charge in [0.1, 0.15) is 0 Å². The Bertz CT molecular complexity index is 379. The summed E-state index contributed by atoms with van der Waals surface area (Å²) in [6.07, 6.45) is -10.3. The number of hydrogen-bond donors (Lipinski definition) is 0. The summed E-state index contributed by atoms with van der Waals surface area (Å²) in [5, 5.41) is 0. The van der Waals surface area contributed by atoms with Crippen molar-refractivity contribution >= 4 is 15.9 Å². The van der Waals surface area contributed by atoms with E-state index in [-0.39, 0.29) is 10.0 Å². The predicted molar refractivity (Wildman–Crippen MR) is 48.9 cm³/mol. The number of halogens is 7. The van der Waals surface area contributed by atoms with Gasteiger partial charge in [-0.25, -0.2) is 0 Å². The Balaban J connectivity index is 3.01. The normalized spacial score (nSPS) is 12.9. The topological polar surface area (TPSA) is 0 Å². The van der Waals surface area contributed by atoms with Crippen LogP contribution >= 0.6 is 15.9 Å². The van der Waals surface area contributed by atoms with Crippen LogP contribution in [0.25, 0.3) is 0 Å². The van der Waals surface area contributed by atoms with Crippen molar-refractivity contribution < 1.29 is 26.3 Å². The van der Waals surface area contributed by atoms with Crippen molar-refractivity contribution in [2.24, 2.45) is 0 Å². The summed E-state index contributed by atoms with van der Waals surface area (Å²) in [5.41, 5.74) is -1.20. The highest BCUT2D eigenvalue weighted by Gasteiger charge is 2.34. The Labute approximate surface area is 95.4 Å². The van der Waals surface area contributed by atoms with E-state index in [0.717, 1.165) is 12.1 Å². The van der Waals surface area contributed by atoms with E-state index in [1.807, 2.05) is 0 Å². The third-order valence-electron chi connectivity index (χ3n) is 1.74. The lowest BCUT2D eigenvalue weighted by molar-refractivity contribution is -0.138. The van der Waals surface area contributed by atoms with Crippen molar-refractivity contribution in [3.8, 4) is 0 Å². The van der Waals surface area contributed by atoms with Gasteiger partial charge in [-0.05, 0) is 17.7 Å². The average Bonchev–Trinajstić information content (AvgIpc) is 1.97. The van der Waals surface area contributed by atoms with Gasteiger partial charge in [0.25, 0.3) is 0 Å². The van der Waals surface area contributed by atoms with E-state index >= 15 is 0 Å². The van der Waals surface area contributed by atoms with E-state index in [4.69, 9.17) is 0 Å². The van der Waals surface area contributed by atoms with Crippen LogP contribution < -0.4 is 0 Å². The summed E-state index contributed by atoms with van der Waals surface area (Å²) in [6, 6.07) is 2.28. The van der Waals surface area contributed by atoms with Gasteiger partial charge < -0.3 is 0 Å². The van der Waals surface area contributed by atoms with Crippen molar-refractivity contribution in [1.82, 2.24) is 0 Å². The van der Waals surface area contributed by atoms with E-state index in [2.05, 4.69) is 15.9 Å². The molecule has 0 N–H and O–H groups in total. The first-order valence-electron chi connectivity index (χ1n) is 4.02. The van der Waals surface area contributed by atoms with Gasteiger partial charge in [-0.1, -0.05) is 22.0 Å². The van der Waals surface area contributed by atoms with Gasteiger partial charge in [-0.2, -0.15) is 26.3 Å². The fraction of sp³-hybridized carbons (Fsp3) is 0.333. The van der Waals surface area contributed by atoms with Crippen LogP contribution in [0.3, 0.4) is 0 Å². The Hall–Kier alpha value is -0.720. The van der Waals surface area contributed by atoms with Crippen molar-refractivity contribution in [2.75, 3.05) is 0 Å². The fourth-order valence-electron chi connectivity index (χ4n) is 1.13. The van der Waals surface area contributed by atoms with E-state index in [1.54, 1.807) is 0 Å². The maximum absolute atomic E-state index is 12.3. The molecule has 0 saturated heterocycles. The molecular formula is C9H5BrF6. The first kappa shape index (κ1) is 13.3. The van der Waals surface area contributed by atoms with Crippen LogP contribution in [-0.2, 0) is 12.6 Å². The SMILES string of the molecule is FC(F)(F)Cc1ccc(C(F)(F)F)c(Br)c1. The summed E-state index contributed by atoms with van der Waals surface area (Å²) >= 11 is 2.60. The van der Waals surface area contributed by atoms with Gasteiger partial charge in [-0.3, -0.25) is 0 Å². The van der Waals surface area contributed by atoms with Crippen molar-refractivity contribution in [2.45, 2.75) is 18.8 Å². The highest BCUT2D eigenvalue weighted by atomic mass is 79.9. The number of hydrogen-bond acceptors (Lipinski definition) is 0. The van der Waals surface area contributed by atoms with Gasteiger partial charge in [-0.15, -0.1) is 0 Å². The Kier molecular flexibility index (Phi) is 3.56. The van der Waals surface area contributed by atoms with Crippen LogP contribution in [0.2, 0.25) is 0 Å². The van der Waals surface area contributed by atoms with Gasteiger partial charge in [0.2, 0.25) is 0 Å². The van der Waals surface area contributed by atoms with Crippen LogP contribution in [0.5, 0.6) is 0 Å². The van der Waals surface area contributed by atoms with E-state index in [0.29, 0.717) is 6.07 Å². The van der Waals surface area contributed by atoms with Crippen LogP contribution in [0.4, 0.5) is 26.3 Å². The zero-order chi connectivity index (χ0) is 12.6. The minimum Gasteiger partial charge on any atom is -0.171 e. The highest BCUT2D eigenvalue weighted by molar-refractivity contribution is 9.10. The largest absolute Gasteiger partial charge is 0.417 e. The average molecular weight is 307 g/mol. The second-order valence-corrected chi connectivity index (χ2v) is 3.96. The summed E-state index contributed by atoms with van der Waals surface area (Å²) in [7, 11) is 0. The van der Waals surface area contributed by atoms with Gasteiger partial charge in [0.15, 0.2) is 0 Å². The third kappa shape index (κ3) is 3.70. The summed E-state index contributed by atoms with van der Waals surface area (Å²) in [5.74, 6) is 0. The van der Waals surface area contributed by atoms with Crippen LogP contribution in [0.15, 0.2) is 22.7 Å². The highest BCUT2D eigenvalue weighted by Crippen LogP contribution is 2.35. The molecule has 0 nitrogen and oxygen atoms in total. The molecule has 0 saturated carbocycles. The van der Waals surface area contributed by atoms with Crippen LogP contribution in [0, 0.1) is 0 Å². The van der Waals surface area contributed by atoms with Crippen LogP contribution in [0.1, 0.15) is 11.1 Å². The molecule has 0 aliphatic carbocycles. The Morgan fingerprint density at radius 3 is 1.94 bits per heavy atom. The maximum atomic E-state index is 12.3. The molecule has 0 spiro atoms. The van der Waals surface area contributed by atoms with Crippen LogP contribution in [-0.4, -0.2) is 6.18 Å². The number of alkyl halides is 6. The molecule has 1 aromatic rings. The zero-order valence-corrected chi connectivity index (χ0v) is 9.17. The summed E-state index contributed by atoms with van der Waals surface area (Å²) in [4.78, 5) is 0. The predicted octanol–water partition coefficient (Wildman–Crippen LogP) is 4.57. The lowest BCUT2D eigenvalue weighted by Gasteiger charge is -2.11. The molecule has 1 aromatic carbocycles. The maximum Gasteiger partial charge on any atom is 0.417 e. The minimum absolute atomic E-state index is 0.215. The molecule has 0 bridgehead atoms. The molecule has 0 aromatic heterocycles. The molecular weight excluding hydrogens is 302 g/mol. The van der Waals surface area contributed by atoms with Crippen molar-refractivity contribution in [3.63, 3.8) is 0 Å². The van der Waals surface area contributed by atoms with E-state index in [9.17, 15) is 26.3 Å². The molecule has 7 heteroatoms. The third-order valence-corrected chi connectivity index (χ3v) is 2.40. The zero-order valence-electron chi connectivity index (χ0n) is 7.58.